The Bertz CT molecular complexity index is 1210. The molecule has 40 heavy (non-hydrogen) atoms. The molecule has 218 valence electrons. The third-order valence-electron chi connectivity index (χ3n) is 6.80. The minimum absolute atomic E-state index is 0.0458. The third-order valence-corrected chi connectivity index (χ3v) is 8.03. The van der Waals surface area contributed by atoms with Crippen molar-refractivity contribution in [3.8, 4) is 5.75 Å². The molecule has 4 rings (SSSR count). The van der Waals surface area contributed by atoms with Crippen molar-refractivity contribution < 1.29 is 32.6 Å². The van der Waals surface area contributed by atoms with Gasteiger partial charge in [-0.3, -0.25) is 19.3 Å². The monoisotopic (exact) mass is 598 g/mol. The van der Waals surface area contributed by atoms with Crippen LogP contribution in [0.1, 0.15) is 42.8 Å². The maximum Gasteiger partial charge on any atom is 0.387 e. The van der Waals surface area contributed by atoms with Crippen LogP contribution in [0.5, 0.6) is 5.75 Å². The van der Waals surface area contributed by atoms with E-state index in [1.165, 1.54) is 23.1 Å². The second kappa shape index (κ2) is 13.7. The van der Waals surface area contributed by atoms with Gasteiger partial charge in [0.15, 0.2) is 5.75 Å². The molecule has 1 atom stereocenters. The number of morpholine rings is 1. The molecule has 1 aliphatic carbocycles. The number of halogens is 3. The van der Waals surface area contributed by atoms with Crippen LogP contribution in [-0.2, 0) is 14.3 Å². The maximum absolute atomic E-state index is 13.7. The smallest absolute Gasteiger partial charge is 0.387 e. The number of ether oxygens (including phenoxy) is 2. The molecule has 2 fully saturated rings. The zero-order valence-electron chi connectivity index (χ0n) is 22.3. The Hall–Kier alpha value is -2.80. The highest BCUT2D eigenvalue weighted by molar-refractivity contribution is 7.18. The van der Waals surface area contributed by atoms with Crippen molar-refractivity contribution >= 4 is 52.0 Å². The molecule has 2 aliphatic rings. The van der Waals surface area contributed by atoms with Crippen LogP contribution >= 0.6 is 22.9 Å². The first-order chi connectivity index (χ1) is 19.1. The van der Waals surface area contributed by atoms with Gasteiger partial charge in [0.2, 0.25) is 5.91 Å². The molecular weight excluding hydrogens is 566 g/mol. The normalized spacial score (nSPS) is 16.8. The molecule has 0 unspecified atom stereocenters. The second-order valence-corrected chi connectivity index (χ2v) is 11.9. The number of hydrogen-bond acceptors (Lipinski definition) is 7. The average molecular weight is 599 g/mol. The summed E-state index contributed by atoms with van der Waals surface area (Å²) in [6.45, 7) is 1.97. The highest BCUT2D eigenvalue weighted by Gasteiger charge is 2.35. The zero-order chi connectivity index (χ0) is 28.8. The molecular formula is C27H33ClF2N4O5S. The van der Waals surface area contributed by atoms with Crippen LogP contribution in [-0.4, -0.2) is 74.2 Å². The van der Waals surface area contributed by atoms with Gasteiger partial charge in [0, 0.05) is 37.4 Å². The van der Waals surface area contributed by atoms with Crippen molar-refractivity contribution in [2.45, 2.75) is 51.8 Å². The van der Waals surface area contributed by atoms with Gasteiger partial charge in [-0.25, -0.2) is 0 Å². The molecule has 1 saturated heterocycles. The lowest BCUT2D eigenvalue weighted by molar-refractivity contribution is -0.126. The van der Waals surface area contributed by atoms with Crippen molar-refractivity contribution in [3.63, 3.8) is 0 Å². The number of nitrogens with zero attached hydrogens (tertiary/aromatic N) is 2. The van der Waals surface area contributed by atoms with Gasteiger partial charge >= 0.3 is 6.61 Å². The summed E-state index contributed by atoms with van der Waals surface area (Å²) in [7, 11) is 0. The predicted octanol–water partition coefficient (Wildman–Crippen LogP) is 4.61. The topological polar surface area (TPSA) is 100 Å². The molecule has 2 heterocycles. The molecule has 1 aromatic heterocycles. The molecule has 9 nitrogen and oxygen atoms in total. The minimum atomic E-state index is -3.13. The largest absolute Gasteiger partial charge is 0.433 e. The fourth-order valence-electron chi connectivity index (χ4n) is 4.75. The summed E-state index contributed by atoms with van der Waals surface area (Å²) in [6, 6.07) is 7.02. The maximum atomic E-state index is 13.7. The first-order valence-corrected chi connectivity index (χ1v) is 14.4. The fourth-order valence-corrected chi connectivity index (χ4v) is 5.71. The molecule has 3 amide bonds. The Morgan fingerprint density at radius 1 is 1.25 bits per heavy atom. The molecule has 2 aromatic rings. The van der Waals surface area contributed by atoms with Gasteiger partial charge < -0.3 is 25.0 Å². The Morgan fingerprint density at radius 2 is 2.02 bits per heavy atom. The summed E-state index contributed by atoms with van der Waals surface area (Å²) >= 11 is 7.12. The van der Waals surface area contributed by atoms with Crippen molar-refractivity contribution in [3.05, 3.63) is 39.5 Å². The zero-order valence-corrected chi connectivity index (χ0v) is 23.9. The summed E-state index contributed by atoms with van der Waals surface area (Å²) in [6.07, 6.45) is 2.95. The molecule has 13 heteroatoms. The van der Waals surface area contributed by atoms with Crippen LogP contribution < -0.4 is 20.3 Å². The number of alkyl halides is 2. The Balaban J connectivity index is 1.57. The fraction of sp³-hybridized carbons (Fsp3) is 0.519. The standard InChI is InChI=1S/C27H33ClF2N4O5S/c1-16(2)14-34(18-4-3-5-18)20(13-31-26(37)22-8-9-23(28)40-22)25(36)32-17-6-7-19(21(12-17)39-27(29)30)33-10-11-38-15-24(33)35/h6-9,12,16,18,20,27H,3-5,10-11,13-15H2,1-2H3,(H,31,37)(H,32,36)/t20-/m0/s1. The molecule has 0 bridgehead atoms. The van der Waals surface area contributed by atoms with Crippen LogP contribution in [0, 0.1) is 5.92 Å². The Morgan fingerprint density at radius 3 is 2.62 bits per heavy atom. The van der Waals surface area contributed by atoms with E-state index < -0.39 is 18.6 Å². The highest BCUT2D eigenvalue weighted by atomic mass is 35.5. The molecule has 0 spiro atoms. The van der Waals surface area contributed by atoms with Gasteiger partial charge in [-0.15, -0.1) is 11.3 Å². The van der Waals surface area contributed by atoms with E-state index in [0.717, 1.165) is 30.6 Å². The van der Waals surface area contributed by atoms with Crippen LogP contribution in [0.3, 0.4) is 0 Å². The van der Waals surface area contributed by atoms with E-state index in [9.17, 15) is 23.2 Å². The number of carbonyl (C=O) groups excluding carboxylic acids is 3. The number of amides is 3. The van der Waals surface area contributed by atoms with Crippen molar-refractivity contribution in [1.29, 1.82) is 0 Å². The van der Waals surface area contributed by atoms with Gasteiger partial charge in [0.1, 0.15) is 12.6 Å². The summed E-state index contributed by atoms with van der Waals surface area (Å²) in [5, 5.41) is 5.68. The van der Waals surface area contributed by atoms with E-state index in [2.05, 4.69) is 29.4 Å². The van der Waals surface area contributed by atoms with Crippen LogP contribution in [0.4, 0.5) is 20.2 Å². The molecule has 1 aromatic carbocycles. The number of nitrogens with one attached hydrogen (secondary N) is 2. The predicted molar refractivity (Wildman–Crippen MR) is 150 cm³/mol. The summed E-state index contributed by atoms with van der Waals surface area (Å²) in [4.78, 5) is 42.7. The van der Waals surface area contributed by atoms with E-state index >= 15 is 0 Å². The van der Waals surface area contributed by atoms with Crippen molar-refractivity contribution in [1.82, 2.24) is 10.2 Å². The molecule has 1 aliphatic heterocycles. The minimum Gasteiger partial charge on any atom is -0.433 e. The number of hydrogen-bond donors (Lipinski definition) is 2. The van der Waals surface area contributed by atoms with Gasteiger partial charge in [0.25, 0.3) is 11.8 Å². The van der Waals surface area contributed by atoms with Crippen molar-refractivity contribution in [2.75, 3.05) is 43.1 Å². The lowest BCUT2D eigenvalue weighted by Crippen LogP contribution is -2.57. The molecule has 0 radical (unpaired) electrons. The van der Waals surface area contributed by atoms with Crippen LogP contribution in [0.15, 0.2) is 30.3 Å². The Labute approximate surface area is 240 Å². The van der Waals surface area contributed by atoms with Crippen molar-refractivity contribution in [2.24, 2.45) is 5.92 Å². The van der Waals surface area contributed by atoms with E-state index in [1.54, 1.807) is 12.1 Å². The summed E-state index contributed by atoms with van der Waals surface area (Å²) in [5.41, 5.74) is 0.394. The van der Waals surface area contributed by atoms with Gasteiger partial charge in [-0.2, -0.15) is 8.78 Å². The first kappa shape index (κ1) is 30.2. The number of benzene rings is 1. The first-order valence-electron chi connectivity index (χ1n) is 13.2. The highest BCUT2D eigenvalue weighted by Crippen LogP contribution is 2.34. The quantitative estimate of drug-likeness (QED) is 0.370. The number of rotatable bonds is 12. The summed E-state index contributed by atoms with van der Waals surface area (Å²) < 4.78 is 36.9. The van der Waals surface area contributed by atoms with E-state index in [0.29, 0.717) is 15.8 Å². The van der Waals surface area contributed by atoms with E-state index in [1.807, 2.05) is 0 Å². The van der Waals surface area contributed by atoms with Crippen LogP contribution in [0.25, 0.3) is 0 Å². The molecule has 2 N–H and O–H groups in total. The number of thiophene rings is 1. The average Bonchev–Trinajstić information content (AvgIpc) is 3.29. The van der Waals surface area contributed by atoms with E-state index in [-0.39, 0.29) is 67.2 Å². The van der Waals surface area contributed by atoms with Gasteiger partial charge in [-0.1, -0.05) is 31.9 Å². The lowest BCUT2D eigenvalue weighted by atomic mass is 9.89. The number of anilines is 2. The second-order valence-electron chi connectivity index (χ2n) is 10.2. The SMILES string of the molecule is CC(C)CN(C1CCC1)[C@@H](CNC(=O)c1ccc(Cl)s1)C(=O)Nc1ccc(N2CCOCC2=O)c(OC(F)F)c1. The molecule has 1 saturated carbocycles. The Kier molecular flexibility index (Phi) is 10.3. The van der Waals surface area contributed by atoms with Gasteiger partial charge in [0.05, 0.1) is 21.5 Å². The summed E-state index contributed by atoms with van der Waals surface area (Å²) in [5.74, 6) is -1.08. The lowest BCUT2D eigenvalue weighted by Gasteiger charge is -2.42. The third kappa shape index (κ3) is 7.68. The van der Waals surface area contributed by atoms with E-state index in [4.69, 9.17) is 21.1 Å². The number of carbonyl (C=O) groups is 3. The van der Waals surface area contributed by atoms with Crippen LogP contribution in [0.2, 0.25) is 4.34 Å². The van der Waals surface area contributed by atoms with Gasteiger partial charge in [-0.05, 0) is 43.0 Å².